The van der Waals surface area contributed by atoms with Gasteiger partial charge in [0.05, 0.1) is 12.0 Å². The summed E-state index contributed by atoms with van der Waals surface area (Å²) in [5.74, 6) is -0.0222. The molecule has 1 aliphatic rings. The van der Waals surface area contributed by atoms with E-state index in [4.69, 9.17) is 5.41 Å². The Morgan fingerprint density at radius 1 is 1.80 bits per heavy atom. The second-order valence-electron chi connectivity index (χ2n) is 2.00. The number of hydrogen-bond donors (Lipinski definition) is 1. The molecule has 0 atom stereocenters. The highest BCUT2D eigenvalue weighted by Crippen LogP contribution is 2.10. The second kappa shape index (κ2) is 2.47. The standard InChI is InChI=1S/C7H8N2O/c1-6-7(10)3-2-4-9(6)5-8/h2,4-5,8H,1,3H2. The minimum atomic E-state index is -0.0222. The predicted molar refractivity (Wildman–Crippen MR) is 38.5 cm³/mol. The largest absolute Gasteiger partial charge is 0.306 e. The zero-order valence-corrected chi connectivity index (χ0v) is 5.50. The first-order valence-corrected chi connectivity index (χ1v) is 2.93. The van der Waals surface area contributed by atoms with Crippen LogP contribution >= 0.6 is 0 Å². The van der Waals surface area contributed by atoms with Crippen molar-refractivity contribution >= 4 is 12.1 Å². The topological polar surface area (TPSA) is 44.2 Å². The maximum Gasteiger partial charge on any atom is 0.182 e. The summed E-state index contributed by atoms with van der Waals surface area (Å²) in [5, 5.41) is 6.85. The Bertz CT molecular complexity index is 218. The monoisotopic (exact) mass is 136 g/mol. The zero-order valence-electron chi connectivity index (χ0n) is 5.50. The van der Waals surface area contributed by atoms with Gasteiger partial charge in [-0.05, 0) is 0 Å². The zero-order chi connectivity index (χ0) is 7.56. The van der Waals surface area contributed by atoms with Crippen molar-refractivity contribution in [1.82, 2.24) is 4.90 Å². The van der Waals surface area contributed by atoms with Crippen molar-refractivity contribution in [2.45, 2.75) is 6.42 Å². The molecular weight excluding hydrogens is 128 g/mol. The number of nitrogens with one attached hydrogen (secondary N) is 1. The molecule has 0 aromatic carbocycles. The molecule has 1 rings (SSSR count). The van der Waals surface area contributed by atoms with Gasteiger partial charge in [-0.3, -0.25) is 10.2 Å². The Hall–Kier alpha value is -1.38. The molecule has 0 fully saturated rings. The fraction of sp³-hybridized carbons (Fsp3) is 0.143. The number of hydrogen-bond acceptors (Lipinski definition) is 2. The molecule has 0 aromatic heterocycles. The van der Waals surface area contributed by atoms with Crippen LogP contribution in [0.5, 0.6) is 0 Å². The molecule has 0 bridgehead atoms. The van der Waals surface area contributed by atoms with Crippen molar-refractivity contribution in [3.63, 3.8) is 0 Å². The summed E-state index contributed by atoms with van der Waals surface area (Å²) < 4.78 is 0. The SMILES string of the molecule is C=C1C(=O)CC=CN1C=N. The molecule has 1 heterocycles. The van der Waals surface area contributed by atoms with Gasteiger partial charge >= 0.3 is 0 Å². The molecule has 1 aliphatic heterocycles. The molecule has 1 N–H and O–H groups in total. The van der Waals surface area contributed by atoms with Crippen LogP contribution in [0.4, 0.5) is 0 Å². The Balaban J connectivity index is 2.86. The summed E-state index contributed by atoms with van der Waals surface area (Å²) in [7, 11) is 0. The average Bonchev–Trinajstić information content (AvgIpc) is 1.95. The summed E-state index contributed by atoms with van der Waals surface area (Å²) in [4.78, 5) is 12.3. The lowest BCUT2D eigenvalue weighted by Gasteiger charge is -2.18. The summed E-state index contributed by atoms with van der Waals surface area (Å²) in [5.41, 5.74) is 0.373. The first-order chi connectivity index (χ1) is 4.75. The first-order valence-electron chi connectivity index (χ1n) is 2.93. The number of Topliss-reactive ketones (excluding diaryl/α,β-unsaturated/α-hetero) is 1. The smallest absolute Gasteiger partial charge is 0.182 e. The maximum atomic E-state index is 10.9. The van der Waals surface area contributed by atoms with Gasteiger partial charge in [0, 0.05) is 12.6 Å². The predicted octanol–water partition coefficient (Wildman–Crippen LogP) is 0.896. The number of carbonyl (C=O) groups is 1. The van der Waals surface area contributed by atoms with E-state index in [1.54, 1.807) is 12.3 Å². The van der Waals surface area contributed by atoms with Crippen molar-refractivity contribution in [2.75, 3.05) is 0 Å². The van der Waals surface area contributed by atoms with Gasteiger partial charge in [-0.25, -0.2) is 0 Å². The third-order valence-electron chi connectivity index (χ3n) is 1.34. The van der Waals surface area contributed by atoms with Crippen LogP contribution in [0.2, 0.25) is 0 Å². The maximum absolute atomic E-state index is 10.9. The van der Waals surface area contributed by atoms with Gasteiger partial charge in [-0.2, -0.15) is 0 Å². The van der Waals surface area contributed by atoms with E-state index in [1.165, 1.54) is 4.90 Å². The fourth-order valence-corrected chi connectivity index (χ4v) is 0.746. The highest BCUT2D eigenvalue weighted by Gasteiger charge is 2.13. The Kier molecular flexibility index (Phi) is 1.67. The van der Waals surface area contributed by atoms with Gasteiger partial charge in [0.2, 0.25) is 0 Å². The third kappa shape index (κ3) is 0.978. The van der Waals surface area contributed by atoms with Gasteiger partial charge in [0.25, 0.3) is 0 Å². The highest BCUT2D eigenvalue weighted by atomic mass is 16.1. The quantitative estimate of drug-likeness (QED) is 0.330. The number of rotatable bonds is 1. The van der Waals surface area contributed by atoms with Gasteiger partial charge < -0.3 is 4.90 Å². The van der Waals surface area contributed by atoms with Crippen LogP contribution in [0, 0.1) is 5.41 Å². The van der Waals surface area contributed by atoms with Crippen molar-refractivity contribution in [3.8, 4) is 0 Å². The second-order valence-corrected chi connectivity index (χ2v) is 2.00. The van der Waals surface area contributed by atoms with Crippen LogP contribution in [-0.4, -0.2) is 17.0 Å². The molecule has 10 heavy (non-hydrogen) atoms. The van der Waals surface area contributed by atoms with Crippen LogP contribution in [0.15, 0.2) is 24.6 Å². The molecular formula is C7H8N2O. The normalized spacial score (nSPS) is 17.8. The minimum Gasteiger partial charge on any atom is -0.306 e. The summed E-state index contributed by atoms with van der Waals surface area (Å²) in [6.07, 6.45) is 4.85. The number of nitrogens with zero attached hydrogens (tertiary/aromatic N) is 1. The fourth-order valence-electron chi connectivity index (χ4n) is 0.746. The van der Waals surface area contributed by atoms with E-state index in [0.29, 0.717) is 12.1 Å². The van der Waals surface area contributed by atoms with Crippen molar-refractivity contribution in [3.05, 3.63) is 24.6 Å². The van der Waals surface area contributed by atoms with Gasteiger partial charge in [-0.15, -0.1) is 0 Å². The number of carbonyl (C=O) groups excluding carboxylic acids is 1. The lowest BCUT2D eigenvalue weighted by molar-refractivity contribution is -0.115. The van der Waals surface area contributed by atoms with Crippen LogP contribution in [0.1, 0.15) is 6.42 Å². The van der Waals surface area contributed by atoms with Crippen LogP contribution in [-0.2, 0) is 4.79 Å². The number of ketones is 1. The molecule has 3 heteroatoms. The van der Waals surface area contributed by atoms with Crippen LogP contribution < -0.4 is 0 Å². The summed E-state index contributed by atoms with van der Waals surface area (Å²) in [6, 6.07) is 0. The van der Waals surface area contributed by atoms with Gasteiger partial charge in [-0.1, -0.05) is 12.7 Å². The van der Waals surface area contributed by atoms with E-state index >= 15 is 0 Å². The summed E-state index contributed by atoms with van der Waals surface area (Å²) in [6.45, 7) is 3.52. The summed E-state index contributed by atoms with van der Waals surface area (Å²) >= 11 is 0. The van der Waals surface area contributed by atoms with Crippen LogP contribution in [0.3, 0.4) is 0 Å². The van der Waals surface area contributed by atoms with E-state index < -0.39 is 0 Å². The molecule has 0 saturated heterocycles. The Morgan fingerprint density at radius 2 is 2.50 bits per heavy atom. The first kappa shape index (κ1) is 6.74. The van der Waals surface area contributed by atoms with Gasteiger partial charge in [0.15, 0.2) is 5.78 Å². The van der Waals surface area contributed by atoms with E-state index in [0.717, 1.165) is 6.34 Å². The van der Waals surface area contributed by atoms with Crippen LogP contribution in [0.25, 0.3) is 0 Å². The lowest BCUT2D eigenvalue weighted by Crippen LogP contribution is -2.22. The molecule has 0 saturated carbocycles. The van der Waals surface area contributed by atoms with E-state index in [9.17, 15) is 4.79 Å². The number of allylic oxidation sites excluding steroid dienone is 2. The molecule has 52 valence electrons. The van der Waals surface area contributed by atoms with Gasteiger partial charge in [0.1, 0.15) is 0 Å². The van der Waals surface area contributed by atoms with E-state index in [-0.39, 0.29) is 5.78 Å². The third-order valence-corrected chi connectivity index (χ3v) is 1.34. The Morgan fingerprint density at radius 3 is 3.00 bits per heavy atom. The minimum absolute atomic E-state index is 0.0222. The van der Waals surface area contributed by atoms with Crippen molar-refractivity contribution in [2.24, 2.45) is 0 Å². The van der Waals surface area contributed by atoms with Crippen molar-refractivity contribution < 1.29 is 4.79 Å². The lowest BCUT2D eigenvalue weighted by atomic mass is 10.1. The molecule has 0 amide bonds. The average molecular weight is 136 g/mol. The molecule has 0 aromatic rings. The van der Waals surface area contributed by atoms with E-state index in [2.05, 4.69) is 6.58 Å². The molecule has 0 radical (unpaired) electrons. The molecule has 0 spiro atoms. The van der Waals surface area contributed by atoms with Crippen molar-refractivity contribution in [1.29, 1.82) is 5.41 Å². The molecule has 3 nitrogen and oxygen atoms in total. The van der Waals surface area contributed by atoms with E-state index in [1.807, 2.05) is 0 Å². The molecule has 0 aliphatic carbocycles. The highest BCUT2D eigenvalue weighted by molar-refractivity contribution is 5.98. The molecule has 0 unspecified atom stereocenters. The Labute approximate surface area is 59.2 Å².